The van der Waals surface area contributed by atoms with Crippen molar-refractivity contribution in [1.29, 1.82) is 0 Å². The maximum Gasteiger partial charge on any atom is 0.256 e. The maximum atomic E-state index is 6.08. The Morgan fingerprint density at radius 2 is 1.88 bits per heavy atom. The maximum absolute atomic E-state index is 6.08. The second-order valence-corrected chi connectivity index (χ2v) is 6.59. The molecule has 0 aliphatic carbocycles. The predicted octanol–water partition coefficient (Wildman–Crippen LogP) is 1.09. The van der Waals surface area contributed by atoms with Crippen molar-refractivity contribution >= 4 is 11.6 Å². The van der Waals surface area contributed by atoms with E-state index in [9.17, 15) is 0 Å². The van der Waals surface area contributed by atoms with Crippen LogP contribution in [0.2, 0.25) is 0 Å². The molecule has 4 heterocycles. The standard InChI is InChI=1S/C18H20N6O2/c1-2-4-16-15(3-1)25-12-14(26-16)11-22-7-9-23(10-8-22)17-5-6-19-18-21-20-13-24(17)18/h1-6,13-14H,7-12H2. The number of para-hydroxylation sites is 2. The van der Waals surface area contributed by atoms with Crippen molar-refractivity contribution in [2.45, 2.75) is 6.10 Å². The lowest BCUT2D eigenvalue weighted by molar-refractivity contribution is 0.0571. The first-order chi connectivity index (χ1) is 12.9. The highest BCUT2D eigenvalue weighted by Crippen LogP contribution is 2.31. The predicted molar refractivity (Wildman–Crippen MR) is 95.8 cm³/mol. The Morgan fingerprint density at radius 3 is 2.77 bits per heavy atom. The van der Waals surface area contributed by atoms with Crippen LogP contribution in [0.4, 0.5) is 5.82 Å². The fraction of sp³-hybridized carbons (Fsp3) is 0.389. The van der Waals surface area contributed by atoms with Gasteiger partial charge in [0.25, 0.3) is 5.78 Å². The summed E-state index contributed by atoms with van der Waals surface area (Å²) in [5.41, 5.74) is 0. The highest BCUT2D eigenvalue weighted by molar-refractivity contribution is 5.46. The van der Waals surface area contributed by atoms with Crippen LogP contribution < -0.4 is 14.4 Å². The fourth-order valence-electron chi connectivity index (χ4n) is 3.59. The van der Waals surface area contributed by atoms with E-state index in [0.717, 1.165) is 50.0 Å². The third kappa shape index (κ3) is 2.82. The molecule has 1 aromatic carbocycles. The highest BCUT2D eigenvalue weighted by atomic mass is 16.6. The number of piperazine rings is 1. The number of hydrogen-bond acceptors (Lipinski definition) is 7. The molecular weight excluding hydrogens is 332 g/mol. The molecule has 0 amide bonds. The zero-order valence-electron chi connectivity index (χ0n) is 14.4. The van der Waals surface area contributed by atoms with E-state index in [1.54, 1.807) is 12.5 Å². The van der Waals surface area contributed by atoms with Gasteiger partial charge >= 0.3 is 0 Å². The zero-order valence-corrected chi connectivity index (χ0v) is 14.4. The summed E-state index contributed by atoms with van der Waals surface area (Å²) in [5, 5.41) is 7.97. The number of aromatic nitrogens is 4. The number of ether oxygens (including phenoxy) is 2. The van der Waals surface area contributed by atoms with Gasteiger partial charge in [-0.15, -0.1) is 10.2 Å². The van der Waals surface area contributed by atoms with Crippen LogP contribution in [0.25, 0.3) is 5.78 Å². The van der Waals surface area contributed by atoms with Gasteiger partial charge in [-0.2, -0.15) is 0 Å². The van der Waals surface area contributed by atoms with Gasteiger partial charge in [0.2, 0.25) is 0 Å². The summed E-state index contributed by atoms with van der Waals surface area (Å²) in [6, 6.07) is 9.87. The molecule has 2 aliphatic rings. The van der Waals surface area contributed by atoms with Crippen LogP contribution in [-0.4, -0.2) is 69.9 Å². The van der Waals surface area contributed by atoms with Gasteiger partial charge in [-0.25, -0.2) is 4.98 Å². The van der Waals surface area contributed by atoms with Gasteiger partial charge in [0.05, 0.1) is 0 Å². The van der Waals surface area contributed by atoms with Crippen LogP contribution in [0, 0.1) is 0 Å². The third-order valence-electron chi connectivity index (χ3n) is 4.92. The Morgan fingerprint density at radius 1 is 1.04 bits per heavy atom. The van der Waals surface area contributed by atoms with E-state index in [1.165, 1.54) is 0 Å². The number of anilines is 1. The molecule has 26 heavy (non-hydrogen) atoms. The molecule has 1 unspecified atom stereocenters. The molecule has 0 spiro atoms. The van der Waals surface area contributed by atoms with Crippen LogP contribution >= 0.6 is 0 Å². The van der Waals surface area contributed by atoms with Crippen LogP contribution in [0.15, 0.2) is 42.9 Å². The minimum absolute atomic E-state index is 0.0712. The molecule has 0 radical (unpaired) electrons. The number of benzene rings is 1. The molecule has 0 saturated carbocycles. The van der Waals surface area contributed by atoms with Crippen LogP contribution in [-0.2, 0) is 0 Å². The summed E-state index contributed by atoms with van der Waals surface area (Å²) in [6.45, 7) is 5.33. The molecule has 2 aliphatic heterocycles. The van der Waals surface area contributed by atoms with Crippen molar-refractivity contribution in [3.8, 4) is 11.5 Å². The Balaban J connectivity index is 1.21. The second-order valence-electron chi connectivity index (χ2n) is 6.59. The third-order valence-corrected chi connectivity index (χ3v) is 4.92. The lowest BCUT2D eigenvalue weighted by Crippen LogP contribution is -2.51. The number of nitrogens with zero attached hydrogens (tertiary/aromatic N) is 6. The molecule has 1 fully saturated rings. The lowest BCUT2D eigenvalue weighted by Gasteiger charge is -2.38. The summed E-state index contributed by atoms with van der Waals surface area (Å²) in [4.78, 5) is 9.01. The molecule has 5 rings (SSSR count). The first-order valence-electron chi connectivity index (χ1n) is 8.87. The van der Waals surface area contributed by atoms with Crippen LogP contribution in [0.3, 0.4) is 0 Å². The topological polar surface area (TPSA) is 68.0 Å². The smallest absolute Gasteiger partial charge is 0.256 e. The summed E-state index contributed by atoms with van der Waals surface area (Å²) < 4.78 is 13.8. The zero-order chi connectivity index (χ0) is 17.3. The minimum atomic E-state index is 0.0712. The molecule has 8 heteroatoms. The quantitative estimate of drug-likeness (QED) is 0.699. The van der Waals surface area contributed by atoms with E-state index < -0.39 is 0 Å². The van der Waals surface area contributed by atoms with Gasteiger partial charge in [0.15, 0.2) is 11.5 Å². The van der Waals surface area contributed by atoms with E-state index >= 15 is 0 Å². The average molecular weight is 352 g/mol. The van der Waals surface area contributed by atoms with E-state index in [4.69, 9.17) is 9.47 Å². The molecular formula is C18H20N6O2. The van der Waals surface area contributed by atoms with E-state index in [-0.39, 0.29) is 6.10 Å². The SMILES string of the molecule is c1ccc2c(c1)OCC(CN1CCN(c3ccnc4nncn34)CC1)O2. The van der Waals surface area contributed by atoms with Gasteiger partial charge in [0, 0.05) is 38.9 Å². The van der Waals surface area contributed by atoms with Gasteiger partial charge < -0.3 is 14.4 Å². The fourth-order valence-corrected chi connectivity index (χ4v) is 3.59. The monoisotopic (exact) mass is 352 g/mol. The van der Waals surface area contributed by atoms with E-state index in [1.807, 2.05) is 34.7 Å². The summed E-state index contributed by atoms with van der Waals surface area (Å²) >= 11 is 0. The summed E-state index contributed by atoms with van der Waals surface area (Å²) in [7, 11) is 0. The van der Waals surface area contributed by atoms with E-state index in [2.05, 4.69) is 25.0 Å². The van der Waals surface area contributed by atoms with Crippen molar-refractivity contribution < 1.29 is 9.47 Å². The van der Waals surface area contributed by atoms with Crippen LogP contribution in [0.5, 0.6) is 11.5 Å². The van der Waals surface area contributed by atoms with Crippen molar-refractivity contribution in [2.75, 3.05) is 44.2 Å². The first-order valence-corrected chi connectivity index (χ1v) is 8.87. The second kappa shape index (κ2) is 6.45. The molecule has 1 saturated heterocycles. The summed E-state index contributed by atoms with van der Waals surface area (Å²) in [6.07, 6.45) is 3.58. The molecule has 0 N–H and O–H groups in total. The van der Waals surface area contributed by atoms with Gasteiger partial charge in [-0.1, -0.05) is 12.1 Å². The highest BCUT2D eigenvalue weighted by Gasteiger charge is 2.26. The van der Waals surface area contributed by atoms with Gasteiger partial charge in [-0.05, 0) is 18.2 Å². The molecule has 0 bridgehead atoms. The van der Waals surface area contributed by atoms with Crippen molar-refractivity contribution in [2.24, 2.45) is 0 Å². The van der Waals surface area contributed by atoms with Crippen molar-refractivity contribution in [3.05, 3.63) is 42.9 Å². The van der Waals surface area contributed by atoms with Crippen LogP contribution in [0.1, 0.15) is 0 Å². The number of hydrogen-bond donors (Lipinski definition) is 0. The Kier molecular flexibility index (Phi) is 3.82. The number of rotatable bonds is 3. The Bertz CT molecular complexity index is 905. The molecule has 1 atom stereocenters. The largest absolute Gasteiger partial charge is 0.486 e. The first kappa shape index (κ1) is 15.4. The average Bonchev–Trinajstić information content (AvgIpc) is 3.17. The Labute approximate surface area is 151 Å². The number of fused-ring (bicyclic) bond motifs is 2. The molecule has 134 valence electrons. The minimum Gasteiger partial charge on any atom is -0.486 e. The molecule has 8 nitrogen and oxygen atoms in total. The lowest BCUT2D eigenvalue weighted by atomic mass is 10.2. The molecule has 3 aromatic rings. The van der Waals surface area contributed by atoms with Crippen molar-refractivity contribution in [3.63, 3.8) is 0 Å². The molecule has 2 aromatic heterocycles. The summed E-state index contributed by atoms with van der Waals surface area (Å²) in [5.74, 6) is 3.40. The normalized spacial score (nSPS) is 20.5. The Hall–Kier alpha value is -2.87. The van der Waals surface area contributed by atoms with Crippen molar-refractivity contribution in [1.82, 2.24) is 24.5 Å². The van der Waals surface area contributed by atoms with E-state index in [0.29, 0.717) is 12.4 Å². The van der Waals surface area contributed by atoms with Gasteiger partial charge in [-0.3, -0.25) is 9.30 Å². The van der Waals surface area contributed by atoms with Gasteiger partial charge in [0.1, 0.15) is 24.9 Å².